The first-order valence-corrected chi connectivity index (χ1v) is 15.8. The van der Waals surface area contributed by atoms with Gasteiger partial charge >= 0.3 is 0 Å². The molecule has 11 heteroatoms. The average Bonchev–Trinajstić information content (AvgIpc) is 3.26. The van der Waals surface area contributed by atoms with Crippen LogP contribution in [0.4, 0.5) is 5.69 Å². The van der Waals surface area contributed by atoms with Gasteiger partial charge in [0.1, 0.15) is 5.69 Å². The molecule has 3 aromatic rings. The van der Waals surface area contributed by atoms with Gasteiger partial charge in [0.25, 0.3) is 5.91 Å². The summed E-state index contributed by atoms with van der Waals surface area (Å²) in [4.78, 5) is 22.7. The van der Waals surface area contributed by atoms with Crippen LogP contribution in [0.15, 0.2) is 30.3 Å². The smallest absolute Gasteiger partial charge is 0.283 e. The first-order chi connectivity index (χ1) is 18.8. The molecule has 0 radical (unpaired) electrons. The number of sulfonamides is 1. The molecule has 0 bridgehead atoms. The first-order valence-electron chi connectivity index (χ1n) is 13.9. The van der Waals surface area contributed by atoms with Crippen molar-refractivity contribution in [2.24, 2.45) is 0 Å². The number of piperidine rings is 1. The standard InChI is InChI=1S/C28H36N6O4S/c1-19-5-3-8-22(17-19)34-27-25(26(30-34)20-6-4-7-20)24(18-23(29-27)28(35)31-39(2,36)37)33-11-9-21(10-12-33)32-13-15-38-16-14-32/h3,5,8,17-18,20-21H,4,6-7,9-16H2,1-2H3,(H,31,35). The number of hydrogen-bond donors (Lipinski definition) is 1. The predicted molar refractivity (Wildman–Crippen MR) is 150 cm³/mol. The molecule has 1 amide bonds. The minimum atomic E-state index is -3.74. The monoisotopic (exact) mass is 552 g/mol. The van der Waals surface area contributed by atoms with Crippen LogP contribution in [0.25, 0.3) is 16.7 Å². The Kier molecular flexibility index (Phi) is 7.07. The molecule has 4 heterocycles. The van der Waals surface area contributed by atoms with Crippen molar-refractivity contribution in [2.45, 2.75) is 51.0 Å². The van der Waals surface area contributed by atoms with Crippen LogP contribution in [0.2, 0.25) is 0 Å². The maximum Gasteiger partial charge on any atom is 0.283 e. The molecule has 2 aromatic heterocycles. The summed E-state index contributed by atoms with van der Waals surface area (Å²) in [7, 11) is -3.74. The highest BCUT2D eigenvalue weighted by Gasteiger charge is 2.33. The van der Waals surface area contributed by atoms with E-state index >= 15 is 0 Å². The normalized spacial score (nSPS) is 19.8. The number of nitrogens with zero attached hydrogens (tertiary/aromatic N) is 5. The number of aromatic nitrogens is 3. The Bertz CT molecular complexity index is 1490. The van der Waals surface area contributed by atoms with Gasteiger partial charge in [0, 0.05) is 38.1 Å². The zero-order valence-electron chi connectivity index (χ0n) is 22.6. The molecule has 0 unspecified atom stereocenters. The summed E-state index contributed by atoms with van der Waals surface area (Å²) < 4.78 is 33.3. The second-order valence-corrected chi connectivity index (χ2v) is 12.8. The van der Waals surface area contributed by atoms with Crippen LogP contribution in [0.3, 0.4) is 0 Å². The summed E-state index contributed by atoms with van der Waals surface area (Å²) >= 11 is 0. The lowest BCUT2D eigenvalue weighted by Crippen LogP contribution is -2.49. The van der Waals surface area contributed by atoms with Crippen LogP contribution in [0.5, 0.6) is 0 Å². The van der Waals surface area contributed by atoms with Crippen molar-refractivity contribution < 1.29 is 17.9 Å². The Balaban J connectivity index is 1.45. The van der Waals surface area contributed by atoms with Gasteiger partial charge in [-0.05, 0) is 56.4 Å². The Morgan fingerprint density at radius 2 is 1.79 bits per heavy atom. The number of nitrogens with one attached hydrogen (secondary N) is 1. The molecule has 2 saturated heterocycles. The number of anilines is 1. The summed E-state index contributed by atoms with van der Waals surface area (Å²) in [6.07, 6.45) is 6.33. The number of carbonyl (C=O) groups excluding carboxylic acids is 1. The van der Waals surface area contributed by atoms with E-state index in [4.69, 9.17) is 14.8 Å². The van der Waals surface area contributed by atoms with E-state index in [0.717, 1.165) is 99.4 Å². The quantitative estimate of drug-likeness (QED) is 0.497. The molecule has 1 aliphatic carbocycles. The molecule has 1 N–H and O–H groups in total. The van der Waals surface area contributed by atoms with Gasteiger partial charge in [-0.25, -0.2) is 22.8 Å². The number of fused-ring (bicyclic) bond motifs is 1. The van der Waals surface area contributed by atoms with Crippen molar-refractivity contribution in [3.63, 3.8) is 0 Å². The number of hydrogen-bond acceptors (Lipinski definition) is 8. The molecule has 1 saturated carbocycles. The SMILES string of the molecule is Cc1cccc(-n2nc(C3CCC3)c3c(N4CCC(N5CCOCC5)CC4)cc(C(=O)NS(C)(=O)=O)nc32)c1. The maximum absolute atomic E-state index is 13.1. The van der Waals surface area contributed by atoms with E-state index in [2.05, 4.69) is 20.6 Å². The molecule has 0 atom stereocenters. The van der Waals surface area contributed by atoms with Gasteiger partial charge < -0.3 is 9.64 Å². The van der Waals surface area contributed by atoms with Crippen LogP contribution in [0, 0.1) is 6.92 Å². The van der Waals surface area contributed by atoms with Gasteiger partial charge in [0.15, 0.2) is 5.65 Å². The second kappa shape index (κ2) is 10.5. The van der Waals surface area contributed by atoms with Crippen molar-refractivity contribution in [3.05, 3.63) is 47.3 Å². The number of rotatable bonds is 6. The van der Waals surface area contributed by atoms with Crippen LogP contribution in [-0.4, -0.2) is 85.7 Å². The largest absolute Gasteiger partial charge is 0.379 e. The third kappa shape index (κ3) is 5.39. The fourth-order valence-electron chi connectivity index (χ4n) is 6.03. The molecule has 1 aromatic carbocycles. The topological polar surface area (TPSA) is 110 Å². The maximum atomic E-state index is 13.1. The molecule has 3 fully saturated rings. The fourth-order valence-corrected chi connectivity index (χ4v) is 6.47. The third-order valence-corrected chi connectivity index (χ3v) is 8.82. The molecule has 0 spiro atoms. The number of morpholine rings is 1. The van der Waals surface area contributed by atoms with Gasteiger partial charge in [0.2, 0.25) is 10.0 Å². The van der Waals surface area contributed by atoms with E-state index in [1.807, 2.05) is 29.8 Å². The summed E-state index contributed by atoms with van der Waals surface area (Å²) in [6, 6.07) is 10.3. The van der Waals surface area contributed by atoms with Crippen molar-refractivity contribution >= 4 is 32.7 Å². The van der Waals surface area contributed by atoms with Crippen LogP contribution in [0.1, 0.15) is 59.8 Å². The summed E-state index contributed by atoms with van der Waals surface area (Å²) in [5.74, 6) is -0.383. The summed E-state index contributed by atoms with van der Waals surface area (Å²) in [5, 5.41) is 6.07. The number of aryl methyl sites for hydroxylation is 1. The molecular formula is C28H36N6O4S. The molecular weight excluding hydrogens is 516 g/mol. The zero-order chi connectivity index (χ0) is 27.1. The van der Waals surface area contributed by atoms with Crippen LogP contribution in [-0.2, 0) is 14.8 Å². The zero-order valence-corrected chi connectivity index (χ0v) is 23.4. The van der Waals surface area contributed by atoms with E-state index < -0.39 is 15.9 Å². The van der Waals surface area contributed by atoms with Crippen molar-refractivity contribution in [2.75, 3.05) is 50.5 Å². The van der Waals surface area contributed by atoms with Gasteiger partial charge in [-0.2, -0.15) is 5.10 Å². The van der Waals surface area contributed by atoms with Crippen molar-refractivity contribution in [3.8, 4) is 5.69 Å². The summed E-state index contributed by atoms with van der Waals surface area (Å²) in [5.41, 5.74) is 4.57. The molecule has 10 nitrogen and oxygen atoms in total. The lowest BCUT2D eigenvalue weighted by molar-refractivity contribution is 0.0115. The molecule has 39 heavy (non-hydrogen) atoms. The Morgan fingerprint density at radius 3 is 2.44 bits per heavy atom. The predicted octanol–water partition coefficient (Wildman–Crippen LogP) is 2.99. The van der Waals surface area contributed by atoms with E-state index in [1.54, 1.807) is 6.07 Å². The average molecular weight is 553 g/mol. The van der Waals surface area contributed by atoms with E-state index in [-0.39, 0.29) is 5.69 Å². The van der Waals surface area contributed by atoms with Crippen LogP contribution < -0.4 is 9.62 Å². The molecule has 6 rings (SSSR count). The molecule has 208 valence electrons. The fraction of sp³-hybridized carbons (Fsp3) is 0.536. The number of pyridine rings is 1. The highest BCUT2D eigenvalue weighted by molar-refractivity contribution is 7.89. The Labute approximate surface area is 229 Å². The van der Waals surface area contributed by atoms with Gasteiger partial charge in [-0.3, -0.25) is 9.69 Å². The van der Waals surface area contributed by atoms with E-state index in [0.29, 0.717) is 17.6 Å². The number of ether oxygens (including phenoxy) is 1. The number of carbonyl (C=O) groups is 1. The molecule has 3 aliphatic rings. The Hall–Kier alpha value is -3.02. The van der Waals surface area contributed by atoms with E-state index in [1.165, 1.54) is 6.42 Å². The van der Waals surface area contributed by atoms with E-state index in [9.17, 15) is 13.2 Å². The molecule has 2 aliphatic heterocycles. The van der Waals surface area contributed by atoms with Crippen LogP contribution >= 0.6 is 0 Å². The minimum Gasteiger partial charge on any atom is -0.379 e. The van der Waals surface area contributed by atoms with Crippen molar-refractivity contribution in [1.82, 2.24) is 24.4 Å². The Morgan fingerprint density at radius 1 is 1.05 bits per heavy atom. The lowest BCUT2D eigenvalue weighted by Gasteiger charge is -2.41. The highest BCUT2D eigenvalue weighted by Crippen LogP contribution is 2.43. The first kappa shape index (κ1) is 26.2. The van der Waals surface area contributed by atoms with Gasteiger partial charge in [0.05, 0.1) is 41.9 Å². The van der Waals surface area contributed by atoms with Gasteiger partial charge in [-0.1, -0.05) is 18.6 Å². The second-order valence-electron chi connectivity index (χ2n) is 11.1. The number of benzene rings is 1. The van der Waals surface area contributed by atoms with Crippen molar-refractivity contribution in [1.29, 1.82) is 0 Å². The number of amides is 1. The summed E-state index contributed by atoms with van der Waals surface area (Å²) in [6.45, 7) is 7.22. The van der Waals surface area contributed by atoms with Gasteiger partial charge in [-0.15, -0.1) is 0 Å². The minimum absolute atomic E-state index is 0.0761. The lowest BCUT2D eigenvalue weighted by atomic mass is 9.82. The highest BCUT2D eigenvalue weighted by atomic mass is 32.2. The third-order valence-electron chi connectivity index (χ3n) is 8.26.